The zero-order chi connectivity index (χ0) is 29.4. The summed E-state index contributed by atoms with van der Waals surface area (Å²) in [6.45, 7) is 3.65. The second-order valence-corrected chi connectivity index (χ2v) is 9.19. The molecule has 1 fully saturated rings. The van der Waals surface area contributed by atoms with E-state index in [0.29, 0.717) is 42.6 Å². The fourth-order valence-corrected chi connectivity index (χ4v) is 4.20. The van der Waals surface area contributed by atoms with Gasteiger partial charge in [-0.1, -0.05) is 48.9 Å². The lowest BCUT2D eigenvalue weighted by Crippen LogP contribution is -2.46. The molecular formula is C29H41N3O5. The minimum Gasteiger partial charge on any atom is -0.458 e. The number of hydrogen-bond donors (Lipinski definition) is 1. The Balaban J connectivity index is 2.22. The van der Waals surface area contributed by atoms with Crippen molar-refractivity contribution >= 4 is 23.9 Å². The third-order valence-corrected chi connectivity index (χ3v) is 6.16. The van der Waals surface area contributed by atoms with Gasteiger partial charge >= 0.3 is 12.1 Å². The van der Waals surface area contributed by atoms with Gasteiger partial charge in [-0.3, -0.25) is 14.9 Å². The lowest BCUT2D eigenvalue weighted by atomic mass is 9.95. The van der Waals surface area contributed by atoms with Crippen LogP contribution in [0.15, 0.2) is 60.6 Å². The van der Waals surface area contributed by atoms with E-state index in [1.165, 1.54) is 0 Å². The van der Waals surface area contributed by atoms with Crippen molar-refractivity contribution in [1.29, 1.82) is 0 Å². The molecule has 0 spiro atoms. The van der Waals surface area contributed by atoms with Crippen molar-refractivity contribution in [2.45, 2.75) is 82.8 Å². The van der Waals surface area contributed by atoms with Crippen LogP contribution in [0, 0.1) is 0 Å². The van der Waals surface area contributed by atoms with Crippen LogP contribution in [0.4, 0.5) is 4.79 Å². The largest absolute Gasteiger partial charge is 0.458 e. The highest BCUT2D eigenvalue weighted by Crippen LogP contribution is 2.37. The summed E-state index contributed by atoms with van der Waals surface area (Å²) in [6.07, 6.45) is 9.93. The lowest BCUT2D eigenvalue weighted by Gasteiger charge is -2.30. The molecule has 0 heterocycles. The molecule has 1 aliphatic rings. The molecule has 2 amide bonds. The van der Waals surface area contributed by atoms with Crippen LogP contribution in [0.2, 0.25) is 0 Å². The van der Waals surface area contributed by atoms with E-state index < -0.39 is 43.1 Å². The highest BCUT2D eigenvalue weighted by Gasteiger charge is 2.37. The molecule has 8 heteroatoms. The van der Waals surface area contributed by atoms with Crippen LogP contribution < -0.4 is 5.32 Å². The number of unbranched alkanes of at least 4 members (excludes halogenated alkanes) is 3. The summed E-state index contributed by atoms with van der Waals surface area (Å²) in [5, 5.41) is 2.42. The molecule has 0 atom stereocenters. The van der Waals surface area contributed by atoms with Crippen molar-refractivity contribution in [3.63, 3.8) is 0 Å². The van der Waals surface area contributed by atoms with Crippen LogP contribution in [0.3, 0.4) is 0 Å². The van der Waals surface area contributed by atoms with E-state index in [2.05, 4.69) is 23.5 Å². The fourth-order valence-electron chi connectivity index (χ4n) is 4.20. The van der Waals surface area contributed by atoms with Crippen molar-refractivity contribution in [2.75, 3.05) is 13.5 Å². The van der Waals surface area contributed by atoms with Crippen molar-refractivity contribution in [3.05, 3.63) is 61.2 Å². The highest BCUT2D eigenvalue weighted by molar-refractivity contribution is 6.01. The molecule has 0 aliphatic heterocycles. The van der Waals surface area contributed by atoms with Gasteiger partial charge in [-0.05, 0) is 63.4 Å². The molecule has 1 N–H and O–H groups in total. The fraction of sp³-hybridized carbons (Fsp3) is 0.517. The molecule has 0 bridgehead atoms. The number of guanidine groups is 1. The number of hydrogen-bond acceptors (Lipinski definition) is 5. The van der Waals surface area contributed by atoms with Crippen LogP contribution in [0.1, 0.15) is 80.3 Å². The summed E-state index contributed by atoms with van der Waals surface area (Å²) in [6, 6.07) is 8.88. The van der Waals surface area contributed by atoms with E-state index in [1.54, 1.807) is 36.4 Å². The first-order valence-corrected chi connectivity index (χ1v) is 12.9. The summed E-state index contributed by atoms with van der Waals surface area (Å²) in [4.78, 5) is 42.7. The van der Waals surface area contributed by atoms with Gasteiger partial charge in [0.1, 0.15) is 18.8 Å². The topological polar surface area (TPSA) is 97.3 Å². The maximum absolute atomic E-state index is 13.1. The number of ether oxygens (including phenoxy) is 2. The third kappa shape index (κ3) is 11.5. The first-order valence-electron chi connectivity index (χ1n) is 14.4. The van der Waals surface area contributed by atoms with Crippen LogP contribution in [0.25, 0.3) is 0 Å². The van der Waals surface area contributed by atoms with E-state index in [0.717, 1.165) is 32.1 Å². The first kappa shape index (κ1) is 25.2. The van der Waals surface area contributed by atoms with Crippen molar-refractivity contribution < 1.29 is 28.0 Å². The summed E-state index contributed by atoms with van der Waals surface area (Å²) in [5.74, 6) is -1.90. The summed E-state index contributed by atoms with van der Waals surface area (Å²) in [5.41, 5.74) is 0.0144. The Bertz CT molecular complexity index is 1020. The van der Waals surface area contributed by atoms with Crippen molar-refractivity contribution in [1.82, 2.24) is 10.2 Å². The maximum atomic E-state index is 13.1. The van der Waals surface area contributed by atoms with Gasteiger partial charge < -0.3 is 14.4 Å². The molecule has 0 saturated heterocycles. The van der Waals surface area contributed by atoms with Gasteiger partial charge in [0.15, 0.2) is 0 Å². The lowest BCUT2D eigenvalue weighted by molar-refractivity contribution is -0.160. The monoisotopic (exact) mass is 514 g/mol. The quantitative estimate of drug-likeness (QED) is 0.113. The Morgan fingerprint density at radius 3 is 2.51 bits per heavy atom. The van der Waals surface area contributed by atoms with Gasteiger partial charge in [0, 0.05) is 17.5 Å². The number of aliphatic imine (C=N–C) groups is 1. The predicted octanol–water partition coefficient (Wildman–Crippen LogP) is 5.69. The van der Waals surface area contributed by atoms with Crippen molar-refractivity contribution in [3.8, 4) is 0 Å². The maximum Gasteiger partial charge on any atom is 0.437 e. The number of nitrogens with zero attached hydrogens (tertiary/aromatic N) is 2. The number of esters is 1. The minimum atomic E-state index is -2.92. The van der Waals surface area contributed by atoms with E-state index >= 15 is 0 Å². The SMILES string of the molecule is [2H]C([2H])([2H])N(CC(=O)OC1(CCC=C)CCCC1)C(=NC(=O)OCc1ccccc1)NC(=O)CCCCCC=C. The first-order chi connectivity index (χ1) is 19.1. The Morgan fingerprint density at radius 2 is 1.84 bits per heavy atom. The molecule has 2 rings (SSSR count). The zero-order valence-electron chi connectivity index (χ0n) is 24.6. The number of allylic oxidation sites excluding steroid dienone is 2. The number of carbonyl (C=O) groups is 3. The average Bonchev–Trinajstić information content (AvgIpc) is 3.37. The molecule has 0 unspecified atom stereocenters. The molecule has 1 aliphatic carbocycles. The number of likely N-dealkylation sites (N-methyl/N-ethyl adjacent to an activating group) is 1. The Morgan fingerprint density at radius 1 is 1.11 bits per heavy atom. The van der Waals surface area contributed by atoms with E-state index in [1.807, 2.05) is 6.07 Å². The summed E-state index contributed by atoms with van der Waals surface area (Å²) in [7, 11) is 0. The molecule has 0 aromatic heterocycles. The van der Waals surface area contributed by atoms with Gasteiger partial charge in [-0.2, -0.15) is 0 Å². The van der Waals surface area contributed by atoms with Crippen molar-refractivity contribution in [2.24, 2.45) is 4.99 Å². The molecule has 1 saturated carbocycles. The number of amides is 2. The van der Waals surface area contributed by atoms with Crippen LogP contribution in [0.5, 0.6) is 0 Å². The standard InChI is InChI=1S/C29H41N3O5/c1-4-6-8-9-13-18-25(33)30-27(31-28(35)36-23-24-16-11-10-12-17-24)32(3)22-26(34)37-29(19-7-5-2)20-14-15-21-29/h4-5,10-12,16-17H,1-2,6-9,13-15,18-23H2,3H3,(H,30,31,33,35)/i3D3. The Hall–Kier alpha value is -3.42. The Kier molecular flexibility index (Phi) is 11.2. The van der Waals surface area contributed by atoms with Gasteiger partial charge in [-0.25, -0.2) is 4.79 Å². The Labute approximate surface area is 225 Å². The van der Waals surface area contributed by atoms with Gasteiger partial charge in [0.25, 0.3) is 0 Å². The second kappa shape index (κ2) is 16.3. The second-order valence-electron chi connectivity index (χ2n) is 9.19. The van der Waals surface area contributed by atoms with E-state index in [-0.39, 0.29) is 13.0 Å². The molecule has 37 heavy (non-hydrogen) atoms. The van der Waals surface area contributed by atoms with E-state index in [4.69, 9.17) is 13.6 Å². The summed E-state index contributed by atoms with van der Waals surface area (Å²) >= 11 is 0. The number of nitrogens with one attached hydrogen (secondary N) is 1. The minimum absolute atomic E-state index is 0.0825. The molecule has 1 aromatic carbocycles. The highest BCUT2D eigenvalue weighted by atomic mass is 16.6. The third-order valence-electron chi connectivity index (χ3n) is 6.16. The molecule has 8 nitrogen and oxygen atoms in total. The van der Waals surface area contributed by atoms with Crippen LogP contribution in [-0.2, 0) is 25.7 Å². The summed E-state index contributed by atoms with van der Waals surface area (Å²) < 4.78 is 35.1. The zero-order valence-corrected chi connectivity index (χ0v) is 21.6. The molecule has 0 radical (unpaired) electrons. The molecular weight excluding hydrogens is 470 g/mol. The smallest absolute Gasteiger partial charge is 0.437 e. The molecule has 1 aromatic rings. The molecule has 202 valence electrons. The van der Waals surface area contributed by atoms with Crippen LogP contribution >= 0.6 is 0 Å². The van der Waals surface area contributed by atoms with Gasteiger partial charge in [0.2, 0.25) is 11.9 Å². The number of rotatable bonds is 14. The van der Waals surface area contributed by atoms with Gasteiger partial charge in [0.05, 0.1) is 0 Å². The normalized spacial score (nSPS) is 16.0. The van der Waals surface area contributed by atoms with Gasteiger partial charge in [-0.15, -0.1) is 18.2 Å². The number of benzene rings is 1. The number of carbonyl (C=O) groups excluding carboxylic acids is 3. The predicted molar refractivity (Wildman–Crippen MR) is 145 cm³/mol. The average molecular weight is 515 g/mol. The van der Waals surface area contributed by atoms with Crippen LogP contribution in [-0.4, -0.2) is 48.0 Å². The van der Waals surface area contributed by atoms with E-state index in [9.17, 15) is 14.4 Å².